The zero-order valence-electron chi connectivity index (χ0n) is 18.5. The van der Waals surface area contributed by atoms with Crippen molar-refractivity contribution in [2.45, 2.75) is 92.3 Å². The van der Waals surface area contributed by atoms with E-state index < -0.39 is 0 Å². The van der Waals surface area contributed by atoms with E-state index in [1.54, 1.807) is 11.1 Å². The second-order valence-corrected chi connectivity index (χ2v) is 10.7. The molecule has 0 unspecified atom stereocenters. The minimum absolute atomic E-state index is 0.0506. The maximum atomic E-state index is 6.29. The van der Waals surface area contributed by atoms with Gasteiger partial charge in [-0.1, -0.05) is 71.3 Å². The second kappa shape index (κ2) is 6.46. The highest BCUT2D eigenvalue weighted by Crippen LogP contribution is 2.70. The molecule has 1 heterocycles. The van der Waals surface area contributed by atoms with Gasteiger partial charge >= 0.3 is 0 Å². The van der Waals surface area contributed by atoms with Gasteiger partial charge < -0.3 is 9.47 Å². The molecule has 0 aromatic carbocycles. The number of rotatable bonds is 2. The van der Waals surface area contributed by atoms with Gasteiger partial charge in [0.25, 0.3) is 0 Å². The third kappa shape index (κ3) is 2.58. The highest BCUT2D eigenvalue weighted by molar-refractivity contribution is 5.41. The lowest BCUT2D eigenvalue weighted by Crippen LogP contribution is -2.62. The first kappa shape index (κ1) is 19.7. The van der Waals surface area contributed by atoms with Gasteiger partial charge in [-0.3, -0.25) is 0 Å². The predicted octanol–water partition coefficient (Wildman–Crippen LogP) is 6.66. The highest BCUT2D eigenvalue weighted by atomic mass is 16.7. The molecule has 3 fully saturated rings. The molecule has 1 saturated heterocycles. The van der Waals surface area contributed by atoms with Crippen molar-refractivity contribution < 1.29 is 9.47 Å². The molecule has 0 bridgehead atoms. The summed E-state index contributed by atoms with van der Waals surface area (Å²) >= 11 is 0. The summed E-state index contributed by atoms with van der Waals surface area (Å²) in [7, 11) is 0. The Balaban J connectivity index is 1.75. The lowest BCUT2D eigenvalue weighted by Gasteiger charge is -2.65. The summed E-state index contributed by atoms with van der Waals surface area (Å²) in [6.45, 7) is 16.2. The zero-order valence-corrected chi connectivity index (χ0v) is 18.5. The Labute approximate surface area is 166 Å². The van der Waals surface area contributed by atoms with Gasteiger partial charge in [0.15, 0.2) is 5.79 Å². The van der Waals surface area contributed by atoms with Crippen LogP contribution in [0.4, 0.5) is 0 Å². The molecule has 2 saturated carbocycles. The highest BCUT2D eigenvalue weighted by Gasteiger charge is 2.66. The van der Waals surface area contributed by atoms with Crippen LogP contribution in [0.25, 0.3) is 0 Å². The van der Waals surface area contributed by atoms with Gasteiger partial charge in [0.2, 0.25) is 0 Å². The fraction of sp³-hybridized carbons (Fsp3) is 0.840. The third-order valence-corrected chi connectivity index (χ3v) is 8.99. The van der Waals surface area contributed by atoms with E-state index in [1.165, 1.54) is 38.5 Å². The molecule has 1 spiro atoms. The topological polar surface area (TPSA) is 18.5 Å². The smallest absolute Gasteiger partial charge is 0.173 e. The molecular formula is C25H40O2. The van der Waals surface area contributed by atoms with Gasteiger partial charge in [0.05, 0.1) is 13.2 Å². The molecule has 27 heavy (non-hydrogen) atoms. The van der Waals surface area contributed by atoms with Gasteiger partial charge in [0, 0.05) is 17.3 Å². The molecule has 2 nitrogen and oxygen atoms in total. The van der Waals surface area contributed by atoms with Gasteiger partial charge in [-0.15, -0.1) is 0 Å². The summed E-state index contributed by atoms with van der Waals surface area (Å²) in [5.74, 6) is 0.959. The van der Waals surface area contributed by atoms with Crippen LogP contribution in [0, 0.1) is 28.1 Å². The molecule has 1 aliphatic heterocycles. The van der Waals surface area contributed by atoms with E-state index in [4.69, 9.17) is 9.47 Å². The van der Waals surface area contributed by atoms with Crippen LogP contribution >= 0.6 is 0 Å². The Morgan fingerprint density at radius 2 is 1.78 bits per heavy atom. The van der Waals surface area contributed by atoms with Gasteiger partial charge in [-0.2, -0.15) is 0 Å². The Morgan fingerprint density at radius 3 is 2.44 bits per heavy atom. The zero-order chi connectivity index (χ0) is 19.5. The van der Waals surface area contributed by atoms with Crippen molar-refractivity contribution in [1.29, 1.82) is 0 Å². The minimum Gasteiger partial charge on any atom is -0.347 e. The summed E-state index contributed by atoms with van der Waals surface area (Å²) < 4.78 is 12.6. The fourth-order valence-corrected chi connectivity index (χ4v) is 7.60. The van der Waals surface area contributed by atoms with E-state index in [1.807, 2.05) is 0 Å². The largest absolute Gasteiger partial charge is 0.347 e. The number of hydrogen-bond donors (Lipinski definition) is 0. The molecule has 152 valence electrons. The fourth-order valence-electron chi connectivity index (χ4n) is 7.60. The molecule has 4 atom stereocenters. The van der Waals surface area contributed by atoms with Crippen LogP contribution in [0.3, 0.4) is 0 Å². The van der Waals surface area contributed by atoms with Crippen LogP contribution < -0.4 is 0 Å². The molecule has 0 aromatic heterocycles. The molecular weight excluding hydrogens is 332 g/mol. The van der Waals surface area contributed by atoms with Gasteiger partial charge in [-0.25, -0.2) is 0 Å². The lowest BCUT2D eigenvalue weighted by molar-refractivity contribution is -0.284. The van der Waals surface area contributed by atoms with Crippen molar-refractivity contribution in [1.82, 2.24) is 0 Å². The molecule has 3 aliphatic carbocycles. The normalized spacial score (nSPS) is 44.1. The molecule has 4 rings (SSSR count). The minimum atomic E-state index is -0.353. The molecule has 2 heteroatoms. The van der Waals surface area contributed by atoms with Crippen LogP contribution in [0.2, 0.25) is 0 Å². The maximum absolute atomic E-state index is 6.29. The van der Waals surface area contributed by atoms with Crippen LogP contribution in [0.5, 0.6) is 0 Å². The summed E-state index contributed by atoms with van der Waals surface area (Å²) in [5.41, 5.74) is 4.05. The predicted molar refractivity (Wildman–Crippen MR) is 111 cm³/mol. The van der Waals surface area contributed by atoms with Crippen molar-refractivity contribution in [3.8, 4) is 0 Å². The SMILES string of the molecule is CCCC=C1[C@@H](C)CC=C2[C@@]1(C)CC[C@H]1C(C)(C)C3(CC[C@]21C)OCCO3. The van der Waals surface area contributed by atoms with Crippen molar-refractivity contribution in [2.24, 2.45) is 28.1 Å². The van der Waals surface area contributed by atoms with Crippen molar-refractivity contribution in [2.75, 3.05) is 13.2 Å². The van der Waals surface area contributed by atoms with Crippen molar-refractivity contribution in [3.63, 3.8) is 0 Å². The van der Waals surface area contributed by atoms with Crippen molar-refractivity contribution in [3.05, 3.63) is 23.3 Å². The lowest BCUT2D eigenvalue weighted by atomic mass is 9.42. The summed E-state index contributed by atoms with van der Waals surface area (Å²) in [4.78, 5) is 0. The van der Waals surface area contributed by atoms with Crippen LogP contribution in [-0.2, 0) is 9.47 Å². The van der Waals surface area contributed by atoms with Crippen molar-refractivity contribution >= 4 is 0 Å². The van der Waals surface area contributed by atoms with Gasteiger partial charge in [0.1, 0.15) is 0 Å². The first-order chi connectivity index (χ1) is 12.7. The first-order valence-corrected chi connectivity index (χ1v) is 11.4. The van der Waals surface area contributed by atoms with Crippen LogP contribution in [-0.4, -0.2) is 19.0 Å². The van der Waals surface area contributed by atoms with E-state index in [0.29, 0.717) is 11.8 Å². The molecule has 0 radical (unpaired) electrons. The average molecular weight is 373 g/mol. The first-order valence-electron chi connectivity index (χ1n) is 11.4. The van der Waals surface area contributed by atoms with Crippen LogP contribution in [0.1, 0.15) is 86.5 Å². The van der Waals surface area contributed by atoms with E-state index in [0.717, 1.165) is 19.6 Å². The number of hydrogen-bond acceptors (Lipinski definition) is 2. The van der Waals surface area contributed by atoms with E-state index in [-0.39, 0.29) is 22.0 Å². The Bertz CT molecular complexity index is 651. The number of fused-ring (bicyclic) bond motifs is 3. The maximum Gasteiger partial charge on any atom is 0.173 e. The van der Waals surface area contributed by atoms with E-state index >= 15 is 0 Å². The van der Waals surface area contributed by atoms with E-state index in [2.05, 4.69) is 53.7 Å². The summed E-state index contributed by atoms with van der Waals surface area (Å²) in [6, 6.07) is 0. The van der Waals surface area contributed by atoms with Crippen LogP contribution in [0.15, 0.2) is 23.3 Å². The van der Waals surface area contributed by atoms with Gasteiger partial charge in [-0.05, 0) is 49.4 Å². The Kier molecular flexibility index (Phi) is 4.71. The average Bonchev–Trinajstić information content (AvgIpc) is 3.09. The van der Waals surface area contributed by atoms with E-state index in [9.17, 15) is 0 Å². The Hall–Kier alpha value is -0.600. The number of ether oxygens (including phenoxy) is 2. The number of unbranched alkanes of at least 4 members (excludes halogenated alkanes) is 1. The monoisotopic (exact) mass is 372 g/mol. The summed E-state index contributed by atoms with van der Waals surface area (Å²) in [6.07, 6.45) is 13.7. The third-order valence-electron chi connectivity index (χ3n) is 8.99. The second-order valence-electron chi connectivity index (χ2n) is 10.7. The quantitative estimate of drug-likeness (QED) is 0.504. The Morgan fingerprint density at radius 1 is 1.07 bits per heavy atom. The molecule has 4 aliphatic rings. The molecule has 0 aromatic rings. The number of allylic oxidation sites excluding steroid dienone is 4. The summed E-state index contributed by atoms with van der Waals surface area (Å²) in [5, 5.41) is 0. The molecule has 0 amide bonds. The standard InChI is InChI=1S/C25H40O2/c1-7-8-9-19-18(2)10-11-21-23(19,5)13-12-20-22(3,4)25(26-16-17-27-25)15-14-24(20,21)6/h9,11,18,20H,7-8,10,12-17H2,1-6H3/t18-,20-,23-,24-/m0/s1. The molecule has 0 N–H and O–H groups in total.